The van der Waals surface area contributed by atoms with Crippen LogP contribution in [-0.4, -0.2) is 31.4 Å². The molecule has 1 aliphatic rings. The van der Waals surface area contributed by atoms with Crippen molar-refractivity contribution in [3.63, 3.8) is 0 Å². The quantitative estimate of drug-likeness (QED) is 0.856. The summed E-state index contributed by atoms with van der Waals surface area (Å²) in [4.78, 5) is 36.2. The standard InChI is InChI=1S/C15H18N2O4/c1-9-6-12(4-5-13(9)16-10(2)18)17-8-11(7-14(17)19)15(20)21-3/h4-6,11H,7-8H2,1-3H3,(H,16,18). The second-order valence-corrected chi connectivity index (χ2v) is 5.11. The molecule has 0 bridgehead atoms. The molecule has 1 aromatic carbocycles. The first-order valence-corrected chi connectivity index (χ1v) is 6.68. The molecule has 6 nitrogen and oxygen atoms in total. The lowest BCUT2D eigenvalue weighted by Gasteiger charge is -2.18. The molecule has 1 aromatic rings. The number of ether oxygens (including phenoxy) is 1. The molecule has 1 heterocycles. The van der Waals surface area contributed by atoms with E-state index in [0.29, 0.717) is 12.2 Å². The van der Waals surface area contributed by atoms with Crippen LogP contribution >= 0.6 is 0 Å². The zero-order valence-corrected chi connectivity index (χ0v) is 12.3. The van der Waals surface area contributed by atoms with Crippen LogP contribution in [0.15, 0.2) is 18.2 Å². The van der Waals surface area contributed by atoms with Gasteiger partial charge in [0.25, 0.3) is 0 Å². The Kier molecular flexibility index (Phi) is 4.26. The Morgan fingerprint density at radius 2 is 2.10 bits per heavy atom. The third-order valence-corrected chi connectivity index (χ3v) is 3.49. The van der Waals surface area contributed by atoms with Crippen molar-refractivity contribution in [2.24, 2.45) is 5.92 Å². The second-order valence-electron chi connectivity index (χ2n) is 5.11. The van der Waals surface area contributed by atoms with Gasteiger partial charge in [-0.3, -0.25) is 14.4 Å². The molecular formula is C15H18N2O4. The molecule has 0 spiro atoms. The molecule has 2 rings (SSSR count). The zero-order chi connectivity index (χ0) is 15.6. The van der Waals surface area contributed by atoms with Crippen LogP contribution in [0.25, 0.3) is 0 Å². The fourth-order valence-electron chi connectivity index (χ4n) is 2.43. The first-order chi connectivity index (χ1) is 9.92. The number of nitrogens with zero attached hydrogens (tertiary/aromatic N) is 1. The van der Waals surface area contributed by atoms with Crippen molar-refractivity contribution in [1.29, 1.82) is 0 Å². The molecule has 6 heteroatoms. The highest BCUT2D eigenvalue weighted by atomic mass is 16.5. The minimum atomic E-state index is -0.419. The van der Waals surface area contributed by atoms with Gasteiger partial charge in [0.1, 0.15) is 0 Å². The monoisotopic (exact) mass is 290 g/mol. The summed E-state index contributed by atoms with van der Waals surface area (Å²) >= 11 is 0. The maximum atomic E-state index is 12.0. The fraction of sp³-hybridized carbons (Fsp3) is 0.400. The molecule has 2 amide bonds. The predicted octanol–water partition coefficient (Wildman–Crippen LogP) is 1.48. The number of hydrogen-bond donors (Lipinski definition) is 1. The van der Waals surface area contributed by atoms with Crippen molar-refractivity contribution in [3.05, 3.63) is 23.8 Å². The van der Waals surface area contributed by atoms with Gasteiger partial charge in [0.15, 0.2) is 0 Å². The highest BCUT2D eigenvalue weighted by Crippen LogP contribution is 2.28. The average molecular weight is 290 g/mol. The van der Waals surface area contributed by atoms with Crippen LogP contribution in [0.3, 0.4) is 0 Å². The third kappa shape index (κ3) is 3.21. The molecule has 1 N–H and O–H groups in total. The Labute approximate surface area is 123 Å². The zero-order valence-electron chi connectivity index (χ0n) is 12.3. The van der Waals surface area contributed by atoms with Gasteiger partial charge in [0.05, 0.1) is 13.0 Å². The molecule has 0 radical (unpaired) electrons. The number of amides is 2. The summed E-state index contributed by atoms with van der Waals surface area (Å²) in [5, 5.41) is 2.72. The van der Waals surface area contributed by atoms with Gasteiger partial charge < -0.3 is 15.0 Å². The van der Waals surface area contributed by atoms with Crippen LogP contribution < -0.4 is 10.2 Å². The van der Waals surface area contributed by atoms with Crippen LogP contribution in [0.2, 0.25) is 0 Å². The molecule has 0 aliphatic carbocycles. The van der Waals surface area contributed by atoms with Gasteiger partial charge >= 0.3 is 5.97 Å². The number of nitrogens with one attached hydrogen (secondary N) is 1. The van der Waals surface area contributed by atoms with Gasteiger partial charge in [-0.15, -0.1) is 0 Å². The molecule has 1 unspecified atom stereocenters. The van der Waals surface area contributed by atoms with Gasteiger partial charge in [-0.2, -0.15) is 0 Å². The van der Waals surface area contributed by atoms with Crippen LogP contribution in [0.4, 0.5) is 11.4 Å². The van der Waals surface area contributed by atoms with E-state index in [1.807, 2.05) is 13.0 Å². The van der Waals surface area contributed by atoms with E-state index in [-0.39, 0.29) is 24.2 Å². The van der Waals surface area contributed by atoms with Gasteiger partial charge in [-0.25, -0.2) is 0 Å². The maximum absolute atomic E-state index is 12.0. The van der Waals surface area contributed by atoms with Crippen molar-refractivity contribution >= 4 is 29.2 Å². The lowest BCUT2D eigenvalue weighted by molar-refractivity contribution is -0.145. The van der Waals surface area contributed by atoms with Gasteiger partial charge in [-0.05, 0) is 30.7 Å². The minimum absolute atomic E-state index is 0.0999. The molecule has 0 saturated carbocycles. The van der Waals surface area contributed by atoms with Crippen LogP contribution in [0.1, 0.15) is 18.9 Å². The van der Waals surface area contributed by atoms with Crippen molar-refractivity contribution in [2.45, 2.75) is 20.3 Å². The topological polar surface area (TPSA) is 75.7 Å². The lowest BCUT2D eigenvalue weighted by Crippen LogP contribution is -2.26. The van der Waals surface area contributed by atoms with E-state index < -0.39 is 5.92 Å². The Bertz CT molecular complexity index is 597. The number of rotatable bonds is 3. The molecule has 21 heavy (non-hydrogen) atoms. The first-order valence-electron chi connectivity index (χ1n) is 6.68. The molecular weight excluding hydrogens is 272 g/mol. The largest absolute Gasteiger partial charge is 0.469 e. The summed E-state index contributed by atoms with van der Waals surface area (Å²) in [7, 11) is 1.32. The fourth-order valence-corrected chi connectivity index (χ4v) is 2.43. The van der Waals surface area contributed by atoms with Crippen molar-refractivity contribution in [3.8, 4) is 0 Å². The molecule has 0 aromatic heterocycles. The van der Waals surface area contributed by atoms with E-state index in [9.17, 15) is 14.4 Å². The van der Waals surface area contributed by atoms with E-state index in [1.165, 1.54) is 14.0 Å². The molecule has 1 aliphatic heterocycles. The first kappa shape index (κ1) is 15.0. The number of anilines is 2. The van der Waals surface area contributed by atoms with E-state index >= 15 is 0 Å². The van der Waals surface area contributed by atoms with E-state index in [1.54, 1.807) is 17.0 Å². The van der Waals surface area contributed by atoms with Gasteiger partial charge in [-0.1, -0.05) is 0 Å². The van der Waals surface area contributed by atoms with Crippen molar-refractivity contribution in [1.82, 2.24) is 0 Å². The molecule has 1 fully saturated rings. The number of carbonyl (C=O) groups is 3. The summed E-state index contributed by atoms with van der Waals surface area (Å²) in [5.74, 6) is -1.03. The lowest BCUT2D eigenvalue weighted by atomic mass is 10.1. The molecule has 1 saturated heterocycles. The Balaban J connectivity index is 2.19. The third-order valence-electron chi connectivity index (χ3n) is 3.49. The average Bonchev–Trinajstić information content (AvgIpc) is 2.82. The Morgan fingerprint density at radius 3 is 2.67 bits per heavy atom. The van der Waals surface area contributed by atoms with Crippen molar-refractivity contribution in [2.75, 3.05) is 23.9 Å². The summed E-state index contributed by atoms with van der Waals surface area (Å²) < 4.78 is 4.69. The predicted molar refractivity (Wildman–Crippen MR) is 78.0 cm³/mol. The SMILES string of the molecule is COC(=O)C1CC(=O)N(c2ccc(NC(C)=O)c(C)c2)C1. The van der Waals surface area contributed by atoms with E-state index in [2.05, 4.69) is 10.1 Å². The number of esters is 1. The van der Waals surface area contributed by atoms with Crippen LogP contribution in [0, 0.1) is 12.8 Å². The summed E-state index contributed by atoms with van der Waals surface area (Å²) in [6, 6.07) is 5.34. The summed E-state index contributed by atoms with van der Waals surface area (Å²) in [6.45, 7) is 3.62. The Morgan fingerprint density at radius 1 is 1.38 bits per heavy atom. The van der Waals surface area contributed by atoms with Gasteiger partial charge in [0.2, 0.25) is 11.8 Å². The molecule has 1 atom stereocenters. The number of carbonyl (C=O) groups excluding carboxylic acids is 3. The van der Waals surface area contributed by atoms with E-state index in [4.69, 9.17) is 0 Å². The normalized spacial score (nSPS) is 17.8. The highest BCUT2D eigenvalue weighted by Gasteiger charge is 2.35. The van der Waals surface area contributed by atoms with E-state index in [0.717, 1.165) is 11.3 Å². The number of hydrogen-bond acceptors (Lipinski definition) is 4. The summed E-state index contributed by atoms with van der Waals surface area (Å²) in [6.07, 6.45) is 0.166. The number of benzene rings is 1. The summed E-state index contributed by atoms with van der Waals surface area (Å²) in [5.41, 5.74) is 2.29. The van der Waals surface area contributed by atoms with Gasteiger partial charge in [0, 0.05) is 31.3 Å². The molecule has 112 valence electrons. The minimum Gasteiger partial charge on any atom is -0.469 e. The highest BCUT2D eigenvalue weighted by molar-refractivity contribution is 6.00. The second kappa shape index (κ2) is 5.95. The van der Waals surface area contributed by atoms with Crippen molar-refractivity contribution < 1.29 is 19.1 Å². The smallest absolute Gasteiger partial charge is 0.311 e. The van der Waals surface area contributed by atoms with Crippen LogP contribution in [-0.2, 0) is 19.1 Å². The number of methoxy groups -OCH3 is 1. The Hall–Kier alpha value is -2.37. The number of aryl methyl sites for hydroxylation is 1. The maximum Gasteiger partial charge on any atom is 0.311 e. The van der Waals surface area contributed by atoms with Crippen LogP contribution in [0.5, 0.6) is 0 Å².